The largest absolute Gasteiger partial charge is 0.444 e. The number of ether oxygens (including phenoxy) is 1. The number of benzene rings is 1. The molecule has 0 aromatic heterocycles. The average molecular weight is 568 g/mol. The van der Waals surface area contributed by atoms with Crippen molar-refractivity contribution < 1.29 is 19.1 Å². The number of hydrogen-bond donors (Lipinski definition) is 7. The van der Waals surface area contributed by atoms with Crippen molar-refractivity contribution in [3.8, 4) is 0 Å². The smallest absolute Gasteiger partial charge is 0.407 e. The molecule has 11 N–H and O–H groups in total. The van der Waals surface area contributed by atoms with E-state index in [9.17, 15) is 4.79 Å². The molecule has 12 heteroatoms. The number of nitrogens with one attached hydrogen (secondary N) is 3. The van der Waals surface area contributed by atoms with Crippen LogP contribution in [0.3, 0.4) is 0 Å². The number of allylic oxidation sites excluding steroid dienone is 3. The van der Waals surface area contributed by atoms with Gasteiger partial charge in [0.25, 0.3) is 0 Å². The van der Waals surface area contributed by atoms with E-state index in [-0.39, 0.29) is 12.5 Å². The van der Waals surface area contributed by atoms with Gasteiger partial charge in [0, 0.05) is 19.3 Å². The minimum Gasteiger partial charge on any atom is -0.444 e. The summed E-state index contributed by atoms with van der Waals surface area (Å²) in [6, 6.07) is 8.18. The molecule has 0 heterocycles. The Bertz CT molecular complexity index is 879. The van der Waals surface area contributed by atoms with Crippen LogP contribution in [0.2, 0.25) is 0 Å². The van der Waals surface area contributed by atoms with E-state index in [1.54, 1.807) is 13.1 Å². The number of rotatable bonds is 10. The maximum Gasteiger partial charge on any atom is 0.407 e. The van der Waals surface area contributed by atoms with Crippen LogP contribution in [0.1, 0.15) is 71.4 Å². The number of unbranched alkanes of at least 4 members (excludes halogenated alkanes) is 1. The Kier molecular flexibility index (Phi) is 26.6. The first-order valence-corrected chi connectivity index (χ1v) is 12.9. The van der Waals surface area contributed by atoms with Gasteiger partial charge in [-0.15, -0.1) is 0 Å². The van der Waals surface area contributed by atoms with Crippen LogP contribution < -0.4 is 39.1 Å². The molecule has 0 atom stereocenters. The van der Waals surface area contributed by atoms with Gasteiger partial charge in [-0.05, 0) is 83.1 Å². The minimum atomic E-state index is -0.449. The molecule has 1 aromatic rings. The van der Waals surface area contributed by atoms with Crippen LogP contribution in [0.15, 0.2) is 47.9 Å². The molecule has 2 amide bonds. The highest BCUT2D eigenvalue weighted by atomic mass is 32.1. The van der Waals surface area contributed by atoms with Crippen LogP contribution in [-0.4, -0.2) is 36.4 Å². The molecule has 0 spiro atoms. The number of amides is 2. The fourth-order valence-electron chi connectivity index (χ4n) is 2.50. The number of aldehydes is 1. The van der Waals surface area contributed by atoms with Crippen LogP contribution in [0, 0.1) is 0 Å². The summed E-state index contributed by atoms with van der Waals surface area (Å²) in [4.78, 5) is 29.5. The molecule has 0 saturated carbocycles. The Morgan fingerprint density at radius 1 is 1.08 bits per heavy atom. The maximum atomic E-state index is 11.5. The average Bonchev–Trinajstić information content (AvgIpc) is 2.88. The fraction of sp³-hybridized carbons (Fsp3) is 0.481. The number of hydrogen-bond acceptors (Lipinski definition) is 9. The Balaban J connectivity index is -0.000000553. The Labute approximate surface area is 239 Å². The van der Waals surface area contributed by atoms with Crippen molar-refractivity contribution in [1.29, 1.82) is 0 Å². The number of alkyl carbamates (subject to hydrolysis) is 1. The summed E-state index contributed by atoms with van der Waals surface area (Å²) < 4.78 is 5.17. The highest BCUT2D eigenvalue weighted by molar-refractivity contribution is 7.80. The molecule has 39 heavy (non-hydrogen) atoms. The molecule has 0 aliphatic heterocycles. The normalized spacial score (nSPS) is 10.5. The van der Waals surface area contributed by atoms with Crippen LogP contribution in [0.4, 0.5) is 4.79 Å². The molecule has 0 saturated heterocycles. The highest BCUT2D eigenvalue weighted by Gasteiger charge is 2.15. The molecule has 0 aliphatic rings. The number of thiocarbonyl (C=S) groups is 1. The minimum absolute atomic E-state index is 0.250. The van der Waals surface area contributed by atoms with E-state index in [4.69, 9.17) is 43.9 Å². The Hall–Kier alpha value is -3.64. The number of nitrogens with two attached hydrogens (primary N) is 4. The molecule has 0 fully saturated rings. The molecule has 0 radical (unpaired) electrons. The first-order valence-electron chi connectivity index (χ1n) is 12.5. The second-order valence-corrected chi connectivity index (χ2v) is 9.28. The van der Waals surface area contributed by atoms with E-state index in [0.29, 0.717) is 17.4 Å². The van der Waals surface area contributed by atoms with Gasteiger partial charge in [-0.3, -0.25) is 10.6 Å². The molecular weight excluding hydrogens is 518 g/mol. The maximum absolute atomic E-state index is 11.5. The van der Waals surface area contributed by atoms with Gasteiger partial charge in [-0.1, -0.05) is 43.4 Å². The van der Waals surface area contributed by atoms with Crippen molar-refractivity contribution in [2.75, 3.05) is 7.05 Å². The van der Waals surface area contributed by atoms with Crippen LogP contribution in [-0.2, 0) is 27.3 Å². The standard InChI is InChI=1S/C14H21NO2.C10H21N5S.C2H4O.CH3NO/c1-5-11-7-6-8-12(9-11)10-15-13(16)17-14(2,3)4;1-14-9(12)7-6-8(11)4-2-3-5-10(16)15-13;1-2-3;2-1-3/h6-9H,5,10H2,1-4H3,(H,15,16);6-7,14H,2-5,11-13H2,1H3,(H,15,16);2H,1H3;1H,(H2,2,3)/b;8-6-,9-7+;;. The van der Waals surface area contributed by atoms with Crippen LogP contribution >= 0.6 is 12.2 Å². The molecule has 0 unspecified atom stereocenters. The van der Waals surface area contributed by atoms with Crippen molar-refractivity contribution in [2.24, 2.45) is 23.0 Å². The van der Waals surface area contributed by atoms with Gasteiger partial charge >= 0.3 is 6.09 Å². The molecule has 0 aliphatic carbocycles. The second-order valence-electron chi connectivity index (χ2n) is 8.79. The number of carbonyl (C=O) groups is 3. The van der Waals surface area contributed by atoms with Crippen LogP contribution in [0.25, 0.3) is 0 Å². The molecular formula is C27H49N7O4S. The summed E-state index contributed by atoms with van der Waals surface area (Å²) in [5.41, 5.74) is 20.7. The quantitative estimate of drug-likeness (QED) is 0.0550. The molecule has 11 nitrogen and oxygen atoms in total. The third kappa shape index (κ3) is 30.5. The van der Waals surface area contributed by atoms with Gasteiger partial charge in [0.05, 0.1) is 10.8 Å². The molecule has 1 aromatic carbocycles. The zero-order valence-electron chi connectivity index (χ0n) is 24.2. The third-order valence-electron chi connectivity index (χ3n) is 4.28. The lowest BCUT2D eigenvalue weighted by Gasteiger charge is -2.19. The van der Waals surface area contributed by atoms with Gasteiger partial charge in [0.1, 0.15) is 11.9 Å². The molecule has 222 valence electrons. The lowest BCUT2D eigenvalue weighted by Crippen LogP contribution is -2.32. The van der Waals surface area contributed by atoms with Crippen molar-refractivity contribution in [1.82, 2.24) is 16.1 Å². The van der Waals surface area contributed by atoms with Gasteiger partial charge in [-0.2, -0.15) is 0 Å². The number of carbonyl (C=O) groups excluding carboxylic acids is 3. The lowest BCUT2D eigenvalue weighted by molar-refractivity contribution is -0.107. The number of aryl methyl sites for hydroxylation is 1. The summed E-state index contributed by atoms with van der Waals surface area (Å²) in [6.07, 6.45) is 8.78. The molecule has 1 rings (SSSR count). The van der Waals surface area contributed by atoms with E-state index in [2.05, 4.69) is 40.8 Å². The van der Waals surface area contributed by atoms with Crippen molar-refractivity contribution in [3.05, 3.63) is 59.1 Å². The summed E-state index contributed by atoms with van der Waals surface area (Å²) in [5.74, 6) is 5.75. The van der Waals surface area contributed by atoms with E-state index in [1.807, 2.05) is 39.0 Å². The van der Waals surface area contributed by atoms with E-state index >= 15 is 0 Å². The monoisotopic (exact) mass is 567 g/mol. The summed E-state index contributed by atoms with van der Waals surface area (Å²) in [6.45, 7) is 9.61. The predicted molar refractivity (Wildman–Crippen MR) is 163 cm³/mol. The van der Waals surface area contributed by atoms with E-state index in [0.717, 1.165) is 49.7 Å². The van der Waals surface area contributed by atoms with Gasteiger partial charge in [0.15, 0.2) is 0 Å². The Morgan fingerprint density at radius 3 is 2.10 bits per heavy atom. The fourth-order valence-corrected chi connectivity index (χ4v) is 2.64. The number of primary amides is 1. The summed E-state index contributed by atoms with van der Waals surface area (Å²) >= 11 is 4.92. The van der Waals surface area contributed by atoms with Crippen molar-refractivity contribution in [3.63, 3.8) is 0 Å². The lowest BCUT2D eigenvalue weighted by atomic mass is 10.1. The third-order valence-corrected chi connectivity index (χ3v) is 4.60. The Morgan fingerprint density at radius 2 is 1.62 bits per heavy atom. The van der Waals surface area contributed by atoms with Gasteiger partial charge in [-0.25, -0.2) is 4.79 Å². The molecule has 0 bridgehead atoms. The van der Waals surface area contributed by atoms with E-state index < -0.39 is 5.60 Å². The predicted octanol–water partition coefficient (Wildman–Crippen LogP) is 2.78. The first-order chi connectivity index (χ1) is 18.3. The topological polar surface area (TPSA) is 201 Å². The van der Waals surface area contributed by atoms with E-state index in [1.165, 1.54) is 12.5 Å². The SMILES string of the molecule is CC=O.CCc1cccc(CNC(=O)OC(C)(C)C)c1.CN/C(N)=C/C=C(\N)CCCCC(=S)NN.NC=O. The van der Waals surface area contributed by atoms with Crippen LogP contribution in [0.5, 0.6) is 0 Å². The van der Waals surface area contributed by atoms with Gasteiger partial charge in [0.2, 0.25) is 6.41 Å². The second kappa shape index (κ2) is 26.0. The zero-order chi connectivity index (χ0) is 30.7. The number of hydrazine groups is 1. The first kappa shape index (κ1) is 39.9. The van der Waals surface area contributed by atoms with Gasteiger partial charge < -0.3 is 42.8 Å². The summed E-state index contributed by atoms with van der Waals surface area (Å²) in [7, 11) is 1.76. The zero-order valence-corrected chi connectivity index (χ0v) is 25.0. The summed E-state index contributed by atoms with van der Waals surface area (Å²) in [5, 5.41) is 5.56. The van der Waals surface area contributed by atoms with Crippen molar-refractivity contribution in [2.45, 2.75) is 78.9 Å². The highest BCUT2D eigenvalue weighted by Crippen LogP contribution is 2.08. The van der Waals surface area contributed by atoms with Crippen molar-refractivity contribution >= 4 is 36.0 Å².